The van der Waals surface area contributed by atoms with E-state index in [2.05, 4.69) is 31.1 Å². The molecule has 2 atom stereocenters. The average molecular weight is 686 g/mol. The Morgan fingerprint density at radius 3 is 1.25 bits per heavy atom. The fourth-order valence-electron chi connectivity index (χ4n) is 4.76. The van der Waals surface area contributed by atoms with Crippen LogP contribution in [0.25, 0.3) is 11.1 Å². The molecule has 4 rings (SSSR count). The van der Waals surface area contributed by atoms with Crippen LogP contribution in [0.15, 0.2) is 93.3 Å². The molecule has 0 aliphatic rings. The third-order valence-corrected chi connectivity index (χ3v) is 7.94. The second kappa shape index (κ2) is 15.7. The fraction of sp³-hybridized carbons (Fsp3) is 0.222. The predicted molar refractivity (Wildman–Crippen MR) is 189 cm³/mol. The number of azo groups is 2. The van der Waals surface area contributed by atoms with E-state index in [0.717, 1.165) is 22.3 Å². The van der Waals surface area contributed by atoms with E-state index in [1.807, 2.05) is 52.0 Å². The van der Waals surface area contributed by atoms with Crippen LogP contribution in [0.5, 0.6) is 0 Å². The molecule has 0 saturated heterocycles. The number of anilines is 2. The lowest BCUT2D eigenvalue weighted by Crippen LogP contribution is -2.32. The molecular weight excluding hydrogens is 651 g/mol. The van der Waals surface area contributed by atoms with Crippen LogP contribution in [-0.4, -0.2) is 35.5 Å². The van der Waals surface area contributed by atoms with Crippen molar-refractivity contribution in [2.75, 3.05) is 10.6 Å². The molecule has 0 saturated carbocycles. The highest BCUT2D eigenvalue weighted by Crippen LogP contribution is 2.37. The summed E-state index contributed by atoms with van der Waals surface area (Å²) in [6.45, 7) is 10.2. The number of aryl methyl sites for hydroxylation is 4. The van der Waals surface area contributed by atoms with E-state index in [9.17, 15) is 19.2 Å². The molecule has 2 unspecified atom stereocenters. The van der Waals surface area contributed by atoms with Gasteiger partial charge in [-0.15, -0.1) is 0 Å². The van der Waals surface area contributed by atoms with E-state index in [4.69, 9.17) is 23.2 Å². The van der Waals surface area contributed by atoms with Crippen molar-refractivity contribution in [1.29, 1.82) is 0 Å². The molecule has 2 N–H and O–H groups in total. The zero-order chi connectivity index (χ0) is 35.1. The third kappa shape index (κ3) is 9.05. The second-order valence-electron chi connectivity index (χ2n) is 11.4. The van der Waals surface area contributed by atoms with Crippen LogP contribution in [0.3, 0.4) is 0 Å². The summed E-state index contributed by atoms with van der Waals surface area (Å²) in [4.78, 5) is 50.2. The van der Waals surface area contributed by atoms with E-state index in [0.29, 0.717) is 43.9 Å². The maximum absolute atomic E-state index is 12.9. The van der Waals surface area contributed by atoms with Gasteiger partial charge in [0.25, 0.3) is 11.8 Å². The summed E-state index contributed by atoms with van der Waals surface area (Å²) in [6, 6.07) is 18.1. The number of nitrogens with zero attached hydrogens (tertiary/aromatic N) is 4. The highest BCUT2D eigenvalue weighted by molar-refractivity contribution is 6.36. The van der Waals surface area contributed by atoms with Crippen molar-refractivity contribution in [3.8, 4) is 11.1 Å². The normalized spacial score (nSPS) is 12.6. The molecule has 2 amide bonds. The lowest BCUT2D eigenvalue weighted by molar-refractivity contribution is -0.127. The van der Waals surface area contributed by atoms with E-state index >= 15 is 0 Å². The van der Waals surface area contributed by atoms with Crippen LogP contribution in [0.1, 0.15) is 36.1 Å². The Labute approximate surface area is 288 Å². The minimum atomic E-state index is -1.35. The Bertz CT molecular complexity index is 1830. The van der Waals surface area contributed by atoms with Gasteiger partial charge in [-0.3, -0.25) is 19.2 Å². The summed E-state index contributed by atoms with van der Waals surface area (Å²) in [5.41, 5.74) is 6.78. The van der Waals surface area contributed by atoms with Gasteiger partial charge in [0.05, 0.1) is 21.4 Å². The Kier molecular flexibility index (Phi) is 11.7. The zero-order valence-electron chi connectivity index (χ0n) is 27.3. The lowest BCUT2D eigenvalue weighted by Gasteiger charge is -2.12. The molecule has 0 heterocycles. The van der Waals surface area contributed by atoms with Gasteiger partial charge < -0.3 is 10.6 Å². The van der Waals surface area contributed by atoms with Gasteiger partial charge in [0.1, 0.15) is 0 Å². The molecular formula is C36H34Cl2N6O4. The molecule has 0 spiro atoms. The molecule has 4 aromatic rings. The molecule has 0 aliphatic carbocycles. The second-order valence-corrected chi connectivity index (χ2v) is 12.2. The Morgan fingerprint density at radius 2 is 0.938 bits per heavy atom. The minimum Gasteiger partial charge on any atom is -0.324 e. The molecule has 0 radical (unpaired) electrons. The number of Topliss-reactive ketones (excluding diaryl/α,β-unsaturated/α-hetero) is 2. The maximum Gasteiger partial charge on any atom is 0.258 e. The number of ketones is 2. The first kappa shape index (κ1) is 35.8. The predicted octanol–water partition coefficient (Wildman–Crippen LogP) is 9.25. The summed E-state index contributed by atoms with van der Waals surface area (Å²) in [6.07, 6.45) is 0. The van der Waals surface area contributed by atoms with Crippen molar-refractivity contribution in [2.24, 2.45) is 20.5 Å². The van der Waals surface area contributed by atoms with E-state index < -0.39 is 35.5 Å². The molecule has 48 heavy (non-hydrogen) atoms. The van der Waals surface area contributed by atoms with E-state index in [1.165, 1.54) is 26.0 Å². The highest BCUT2D eigenvalue weighted by atomic mass is 35.5. The van der Waals surface area contributed by atoms with Crippen molar-refractivity contribution in [2.45, 2.75) is 53.6 Å². The topological polar surface area (TPSA) is 142 Å². The van der Waals surface area contributed by atoms with Gasteiger partial charge in [0.15, 0.2) is 11.6 Å². The smallest absolute Gasteiger partial charge is 0.258 e. The highest BCUT2D eigenvalue weighted by Gasteiger charge is 2.25. The SMILES string of the molecule is CC(=O)C(N=Nc1ccc(-c2ccc(N=NC(C(C)=O)C(=O)Nc3ccc(C)cc3C)cc2Cl)c(Cl)c1)C(=O)Nc1ccc(C)cc1C. The van der Waals surface area contributed by atoms with Gasteiger partial charge >= 0.3 is 0 Å². The van der Waals surface area contributed by atoms with E-state index in [-0.39, 0.29) is 0 Å². The standard InChI is InChI=1S/C36H34Cl2N6O4/c1-19-7-13-31(21(3)15-19)39-35(47)33(23(5)45)43-41-25-9-11-27(29(37)17-25)28-12-10-26(18-30(28)38)42-44-34(24(6)46)36(48)40-32-14-8-20(2)16-22(32)4/h7-18,33-34H,1-6H3,(H,39,47)(H,40,48). The van der Waals surface area contributed by atoms with Gasteiger partial charge in [-0.2, -0.15) is 20.5 Å². The number of hydrogen-bond acceptors (Lipinski definition) is 8. The van der Waals surface area contributed by atoms with Crippen molar-refractivity contribution in [1.82, 2.24) is 0 Å². The molecule has 12 heteroatoms. The molecule has 246 valence electrons. The monoisotopic (exact) mass is 684 g/mol. The Balaban J connectivity index is 1.47. The van der Waals surface area contributed by atoms with Crippen molar-refractivity contribution < 1.29 is 19.2 Å². The van der Waals surface area contributed by atoms with Crippen LogP contribution in [0.4, 0.5) is 22.7 Å². The van der Waals surface area contributed by atoms with Crippen LogP contribution in [-0.2, 0) is 19.2 Å². The average Bonchev–Trinajstić information content (AvgIpc) is 3.00. The number of carbonyl (C=O) groups is 4. The minimum absolute atomic E-state index is 0.293. The van der Waals surface area contributed by atoms with Gasteiger partial charge in [0, 0.05) is 22.5 Å². The molecule has 10 nitrogen and oxygen atoms in total. The number of halogens is 2. The van der Waals surface area contributed by atoms with Crippen LogP contribution in [0.2, 0.25) is 10.0 Å². The first-order chi connectivity index (χ1) is 22.7. The fourth-order valence-corrected chi connectivity index (χ4v) is 5.32. The summed E-state index contributed by atoms with van der Waals surface area (Å²) >= 11 is 13.2. The number of nitrogens with one attached hydrogen (secondary N) is 2. The Morgan fingerprint density at radius 1 is 0.562 bits per heavy atom. The lowest BCUT2D eigenvalue weighted by atomic mass is 10.0. The van der Waals surface area contributed by atoms with Crippen LogP contribution in [0, 0.1) is 27.7 Å². The van der Waals surface area contributed by atoms with Gasteiger partial charge in [0.2, 0.25) is 12.1 Å². The van der Waals surface area contributed by atoms with E-state index in [1.54, 1.807) is 36.4 Å². The number of benzene rings is 4. The summed E-state index contributed by atoms with van der Waals surface area (Å²) < 4.78 is 0. The zero-order valence-corrected chi connectivity index (χ0v) is 28.8. The number of hydrogen-bond donors (Lipinski definition) is 2. The van der Waals surface area contributed by atoms with Crippen LogP contribution >= 0.6 is 23.2 Å². The Hall–Kier alpha value is -5.06. The number of carbonyl (C=O) groups excluding carboxylic acids is 4. The van der Waals surface area contributed by atoms with Gasteiger partial charge in [-0.25, -0.2) is 0 Å². The molecule has 0 aromatic heterocycles. The molecule has 4 aromatic carbocycles. The number of amides is 2. The number of rotatable bonds is 11. The van der Waals surface area contributed by atoms with Gasteiger partial charge in [-0.1, -0.05) is 70.7 Å². The summed E-state index contributed by atoms with van der Waals surface area (Å²) in [7, 11) is 0. The van der Waals surface area contributed by atoms with Crippen molar-refractivity contribution >= 4 is 69.3 Å². The van der Waals surface area contributed by atoms with Crippen molar-refractivity contribution in [3.05, 3.63) is 105 Å². The maximum atomic E-state index is 12.9. The molecule has 0 fully saturated rings. The van der Waals surface area contributed by atoms with Crippen LogP contribution < -0.4 is 10.6 Å². The van der Waals surface area contributed by atoms with Gasteiger partial charge in [-0.05, 0) is 89.1 Å². The quantitative estimate of drug-likeness (QED) is 0.120. The van der Waals surface area contributed by atoms with Crippen molar-refractivity contribution in [3.63, 3.8) is 0 Å². The molecule has 0 bridgehead atoms. The largest absolute Gasteiger partial charge is 0.324 e. The molecule has 0 aliphatic heterocycles. The third-order valence-electron chi connectivity index (χ3n) is 7.32. The summed E-state index contributed by atoms with van der Waals surface area (Å²) in [5.74, 6) is -2.13. The first-order valence-electron chi connectivity index (χ1n) is 14.9. The summed E-state index contributed by atoms with van der Waals surface area (Å²) in [5, 5.41) is 22.3. The first-order valence-corrected chi connectivity index (χ1v) is 15.7.